The van der Waals surface area contributed by atoms with Crippen LogP contribution in [-0.2, 0) is 16.1 Å². The van der Waals surface area contributed by atoms with E-state index >= 15 is 0 Å². The van der Waals surface area contributed by atoms with Gasteiger partial charge in [-0.05, 0) is 12.6 Å². The maximum atomic E-state index is 12.4. The van der Waals surface area contributed by atoms with Gasteiger partial charge in [-0.15, -0.1) is 0 Å². The van der Waals surface area contributed by atoms with E-state index in [1.807, 2.05) is 0 Å². The molecule has 2 unspecified atom stereocenters. The largest absolute Gasteiger partial charge is 0.415 e. The predicted octanol–water partition coefficient (Wildman–Crippen LogP) is 1.17. The third-order valence-corrected chi connectivity index (χ3v) is 3.77. The smallest absolute Gasteiger partial charge is 0.382 e. The molecule has 0 saturated carbocycles. The summed E-state index contributed by atoms with van der Waals surface area (Å²) >= 11 is 0. The number of amides is 2. The van der Waals surface area contributed by atoms with E-state index in [1.54, 1.807) is 30.3 Å². The van der Waals surface area contributed by atoms with Gasteiger partial charge in [0.1, 0.15) is 0 Å². The lowest BCUT2D eigenvalue weighted by Crippen LogP contribution is -2.46. The summed E-state index contributed by atoms with van der Waals surface area (Å²) < 4.78 is 37.2. The van der Waals surface area contributed by atoms with Crippen molar-refractivity contribution in [3.8, 4) is 0 Å². The minimum atomic E-state index is -4.76. The number of imide groups is 1. The number of carbonyl (C=O) groups is 2. The fourth-order valence-electron chi connectivity index (χ4n) is 2.45. The first-order chi connectivity index (χ1) is 10.7. The van der Waals surface area contributed by atoms with E-state index in [0.717, 1.165) is 15.4 Å². The first-order valence-corrected chi connectivity index (χ1v) is 7.03. The third-order valence-electron chi connectivity index (χ3n) is 3.77. The number of likely N-dealkylation sites (N-methyl/N-ethyl adjacent to an activating group) is 1. The highest BCUT2D eigenvalue weighted by Crippen LogP contribution is 2.24. The Bertz CT molecular complexity index is 577. The van der Waals surface area contributed by atoms with Gasteiger partial charge in [-0.3, -0.25) is 19.4 Å². The Morgan fingerprint density at radius 1 is 1.30 bits per heavy atom. The van der Waals surface area contributed by atoms with Crippen LogP contribution in [0.3, 0.4) is 0 Å². The molecule has 0 aromatic heterocycles. The lowest BCUT2D eigenvalue weighted by molar-refractivity contribution is -0.208. The Morgan fingerprint density at radius 3 is 2.48 bits per heavy atom. The molecule has 1 aliphatic heterocycles. The third kappa shape index (κ3) is 4.08. The highest BCUT2D eigenvalue weighted by molar-refractivity contribution is 6.05. The van der Waals surface area contributed by atoms with Gasteiger partial charge in [-0.25, -0.2) is 0 Å². The standard InChI is InChI=1S/C15H17F3N2O3/c1-19(9-12(21)15(16,17)18)11-7-13(22)20(14(11)23)8-10-5-3-2-4-6-10/h2-6,11-12,21H,7-9H2,1H3. The maximum absolute atomic E-state index is 12.4. The number of likely N-dealkylation sites (tertiary alicyclic amines) is 1. The molecule has 2 rings (SSSR count). The molecule has 1 heterocycles. The van der Waals surface area contributed by atoms with E-state index in [4.69, 9.17) is 5.11 Å². The number of halogens is 3. The van der Waals surface area contributed by atoms with Crippen molar-refractivity contribution in [1.82, 2.24) is 9.80 Å². The molecule has 0 bridgehead atoms. The second kappa shape index (κ2) is 6.67. The van der Waals surface area contributed by atoms with Crippen LogP contribution in [0.25, 0.3) is 0 Å². The van der Waals surface area contributed by atoms with Gasteiger partial charge in [0.05, 0.1) is 19.0 Å². The van der Waals surface area contributed by atoms with E-state index in [9.17, 15) is 22.8 Å². The van der Waals surface area contributed by atoms with Crippen LogP contribution in [0.5, 0.6) is 0 Å². The minimum absolute atomic E-state index is 0.0880. The Balaban J connectivity index is 2.03. The summed E-state index contributed by atoms with van der Waals surface area (Å²) in [5, 5.41) is 9.09. The maximum Gasteiger partial charge on any atom is 0.415 e. The predicted molar refractivity (Wildman–Crippen MR) is 75.1 cm³/mol. The highest BCUT2D eigenvalue weighted by atomic mass is 19.4. The molecule has 1 fully saturated rings. The average Bonchev–Trinajstić information content (AvgIpc) is 2.75. The Kier molecular flexibility index (Phi) is 5.06. The second-order valence-corrected chi connectivity index (χ2v) is 5.52. The molecule has 2 amide bonds. The van der Waals surface area contributed by atoms with Crippen LogP contribution >= 0.6 is 0 Å². The van der Waals surface area contributed by atoms with Crippen molar-refractivity contribution in [1.29, 1.82) is 0 Å². The summed E-state index contributed by atoms with van der Waals surface area (Å²) in [7, 11) is 1.29. The summed E-state index contributed by atoms with van der Waals surface area (Å²) in [6, 6.07) is 7.86. The quantitative estimate of drug-likeness (QED) is 0.824. The number of aliphatic hydroxyl groups excluding tert-OH is 1. The van der Waals surface area contributed by atoms with Crippen molar-refractivity contribution in [2.75, 3.05) is 13.6 Å². The lowest BCUT2D eigenvalue weighted by Gasteiger charge is -2.26. The van der Waals surface area contributed by atoms with Gasteiger partial charge >= 0.3 is 6.18 Å². The summed E-state index contributed by atoms with van der Waals surface area (Å²) in [5.74, 6) is -0.979. The summed E-state index contributed by atoms with van der Waals surface area (Å²) in [6.45, 7) is -0.670. The molecule has 1 aromatic carbocycles. The normalized spacial score (nSPS) is 20.4. The molecular formula is C15H17F3N2O3. The van der Waals surface area contributed by atoms with Crippen molar-refractivity contribution in [2.24, 2.45) is 0 Å². The first-order valence-electron chi connectivity index (χ1n) is 7.03. The fourth-order valence-corrected chi connectivity index (χ4v) is 2.45. The van der Waals surface area contributed by atoms with Gasteiger partial charge < -0.3 is 5.11 Å². The molecule has 1 aliphatic rings. The van der Waals surface area contributed by atoms with Crippen LogP contribution in [-0.4, -0.2) is 58.6 Å². The Labute approximate surface area is 131 Å². The summed E-state index contributed by atoms with van der Waals surface area (Å²) in [6.07, 6.45) is -7.50. The van der Waals surface area contributed by atoms with Crippen molar-refractivity contribution in [3.05, 3.63) is 35.9 Å². The average molecular weight is 330 g/mol. The Hall–Kier alpha value is -1.93. The zero-order valence-electron chi connectivity index (χ0n) is 12.5. The van der Waals surface area contributed by atoms with E-state index in [2.05, 4.69) is 0 Å². The number of aliphatic hydroxyl groups is 1. The van der Waals surface area contributed by atoms with Crippen LogP contribution in [0.4, 0.5) is 13.2 Å². The molecule has 2 atom stereocenters. The second-order valence-electron chi connectivity index (χ2n) is 5.52. The zero-order valence-corrected chi connectivity index (χ0v) is 12.5. The molecule has 1 N–H and O–H groups in total. The van der Waals surface area contributed by atoms with Gasteiger partial charge in [0.25, 0.3) is 0 Å². The highest BCUT2D eigenvalue weighted by Gasteiger charge is 2.44. The van der Waals surface area contributed by atoms with Crippen molar-refractivity contribution < 1.29 is 27.9 Å². The summed E-state index contributed by atoms with van der Waals surface area (Å²) in [5.41, 5.74) is 0.757. The number of hydrogen-bond acceptors (Lipinski definition) is 4. The Morgan fingerprint density at radius 2 is 1.91 bits per heavy atom. The number of alkyl halides is 3. The molecule has 5 nitrogen and oxygen atoms in total. The van der Waals surface area contributed by atoms with Crippen molar-refractivity contribution in [2.45, 2.75) is 31.3 Å². The van der Waals surface area contributed by atoms with Gasteiger partial charge in [0.15, 0.2) is 6.10 Å². The number of nitrogens with zero attached hydrogens (tertiary/aromatic N) is 2. The van der Waals surface area contributed by atoms with Crippen LogP contribution in [0, 0.1) is 0 Å². The van der Waals surface area contributed by atoms with E-state index < -0.39 is 36.7 Å². The fraction of sp³-hybridized carbons (Fsp3) is 0.467. The van der Waals surface area contributed by atoms with E-state index in [0.29, 0.717) is 0 Å². The molecule has 126 valence electrons. The first kappa shape index (κ1) is 17.4. The number of carbonyl (C=O) groups excluding carboxylic acids is 2. The molecular weight excluding hydrogens is 313 g/mol. The topological polar surface area (TPSA) is 60.9 Å². The van der Waals surface area contributed by atoms with Gasteiger partial charge in [-0.2, -0.15) is 13.2 Å². The molecule has 0 radical (unpaired) electrons. The molecule has 0 spiro atoms. The van der Waals surface area contributed by atoms with Gasteiger partial charge in [-0.1, -0.05) is 30.3 Å². The van der Waals surface area contributed by atoms with E-state index in [1.165, 1.54) is 7.05 Å². The van der Waals surface area contributed by atoms with Crippen LogP contribution in [0.2, 0.25) is 0 Å². The number of hydrogen-bond donors (Lipinski definition) is 1. The van der Waals surface area contributed by atoms with Crippen molar-refractivity contribution in [3.63, 3.8) is 0 Å². The van der Waals surface area contributed by atoms with E-state index in [-0.39, 0.29) is 13.0 Å². The zero-order chi connectivity index (χ0) is 17.2. The number of benzene rings is 1. The van der Waals surface area contributed by atoms with Crippen LogP contribution in [0.1, 0.15) is 12.0 Å². The molecule has 1 aromatic rings. The minimum Gasteiger partial charge on any atom is -0.382 e. The van der Waals surface area contributed by atoms with Crippen molar-refractivity contribution >= 4 is 11.8 Å². The van der Waals surface area contributed by atoms with Crippen LogP contribution in [0.15, 0.2) is 30.3 Å². The molecule has 8 heteroatoms. The summed E-state index contributed by atoms with van der Waals surface area (Å²) in [4.78, 5) is 26.4. The lowest BCUT2D eigenvalue weighted by atomic mass is 10.2. The molecule has 23 heavy (non-hydrogen) atoms. The van der Waals surface area contributed by atoms with Crippen LogP contribution < -0.4 is 0 Å². The molecule has 1 saturated heterocycles. The SMILES string of the molecule is CN(CC(O)C(F)(F)F)C1CC(=O)N(Cc2ccccc2)C1=O. The number of rotatable bonds is 5. The van der Waals surface area contributed by atoms with Gasteiger partial charge in [0, 0.05) is 6.54 Å². The molecule has 0 aliphatic carbocycles. The van der Waals surface area contributed by atoms with Gasteiger partial charge in [0.2, 0.25) is 11.8 Å². The monoisotopic (exact) mass is 330 g/mol.